The Hall–Kier alpha value is 0.310. The fourth-order valence-corrected chi connectivity index (χ4v) is 1.11. The Morgan fingerprint density at radius 3 is 2.50 bits per heavy atom. The number of alkyl halides is 1. The first-order chi connectivity index (χ1) is 3.71. The van der Waals surface area contributed by atoms with E-state index in [1.165, 1.54) is 0 Å². The third-order valence-corrected chi connectivity index (χ3v) is 1.92. The first-order valence-electron chi connectivity index (χ1n) is 2.46. The van der Waals surface area contributed by atoms with Gasteiger partial charge in [-0.05, 0) is 6.42 Å². The van der Waals surface area contributed by atoms with Crippen molar-refractivity contribution < 1.29 is 0 Å². The van der Waals surface area contributed by atoms with Gasteiger partial charge in [0.1, 0.15) is 0 Å². The Kier molecular flexibility index (Phi) is 1.83. The lowest BCUT2D eigenvalue weighted by Crippen LogP contribution is -2.07. The monoisotopic (exact) mass is 190 g/mol. The van der Waals surface area contributed by atoms with Gasteiger partial charge >= 0.3 is 0 Å². The molecule has 44 valence electrons. The van der Waals surface area contributed by atoms with Gasteiger partial charge in [0.25, 0.3) is 0 Å². The second-order valence-corrected chi connectivity index (χ2v) is 4.64. The van der Waals surface area contributed by atoms with Crippen molar-refractivity contribution in [3.8, 4) is 0 Å². The van der Waals surface area contributed by atoms with Gasteiger partial charge in [-0.25, -0.2) is 0 Å². The van der Waals surface area contributed by atoms with E-state index < -0.39 is 0 Å². The molecule has 0 aromatic heterocycles. The van der Waals surface area contributed by atoms with Crippen molar-refractivity contribution >= 4 is 28.6 Å². The first kappa shape index (κ1) is 6.43. The molecule has 0 aromatic rings. The Morgan fingerprint density at radius 1 is 1.50 bits per heavy atom. The van der Waals surface area contributed by atoms with E-state index >= 15 is 0 Å². The van der Waals surface area contributed by atoms with Crippen molar-refractivity contribution in [2.45, 2.75) is 10.1 Å². The number of thiol groups is 1. The van der Waals surface area contributed by atoms with E-state index in [4.69, 9.17) is 0 Å². The van der Waals surface area contributed by atoms with E-state index in [-0.39, 0.29) is 3.66 Å². The van der Waals surface area contributed by atoms with Crippen LogP contribution in [-0.2, 0) is 0 Å². The van der Waals surface area contributed by atoms with Crippen LogP contribution in [0.25, 0.3) is 0 Å². The molecular weight excluding hydrogens is 184 g/mol. The van der Waals surface area contributed by atoms with Crippen molar-refractivity contribution in [3.05, 3.63) is 24.3 Å². The molecule has 1 atom stereocenters. The van der Waals surface area contributed by atoms with Crippen molar-refractivity contribution in [2.24, 2.45) is 0 Å². The van der Waals surface area contributed by atoms with Crippen LogP contribution in [-0.4, -0.2) is 3.66 Å². The molecule has 0 saturated heterocycles. The SMILES string of the molecule is SC1(Br)C=CC=CC1. The van der Waals surface area contributed by atoms with Gasteiger partial charge in [0, 0.05) is 0 Å². The minimum absolute atomic E-state index is 0.0816. The van der Waals surface area contributed by atoms with E-state index in [1.807, 2.05) is 18.2 Å². The van der Waals surface area contributed by atoms with Crippen LogP contribution in [0.3, 0.4) is 0 Å². The summed E-state index contributed by atoms with van der Waals surface area (Å²) in [7, 11) is 0. The van der Waals surface area contributed by atoms with Gasteiger partial charge < -0.3 is 0 Å². The molecule has 0 spiro atoms. The lowest BCUT2D eigenvalue weighted by molar-refractivity contribution is 1.02. The van der Waals surface area contributed by atoms with Crippen LogP contribution >= 0.6 is 28.6 Å². The van der Waals surface area contributed by atoms with Gasteiger partial charge in [0.05, 0.1) is 3.66 Å². The van der Waals surface area contributed by atoms with E-state index in [0.29, 0.717) is 0 Å². The average Bonchev–Trinajstić information content (AvgIpc) is 1.65. The number of halogens is 1. The van der Waals surface area contributed by atoms with E-state index in [9.17, 15) is 0 Å². The molecule has 1 aliphatic carbocycles. The topological polar surface area (TPSA) is 0 Å². The van der Waals surface area contributed by atoms with Crippen molar-refractivity contribution in [1.29, 1.82) is 0 Å². The highest BCUT2D eigenvalue weighted by Crippen LogP contribution is 2.31. The number of rotatable bonds is 0. The number of hydrogen-bond acceptors (Lipinski definition) is 1. The normalized spacial score (nSPS) is 35.8. The summed E-state index contributed by atoms with van der Waals surface area (Å²) in [5.74, 6) is 0. The van der Waals surface area contributed by atoms with E-state index in [2.05, 4.69) is 34.6 Å². The molecule has 8 heavy (non-hydrogen) atoms. The van der Waals surface area contributed by atoms with Crippen molar-refractivity contribution in [3.63, 3.8) is 0 Å². The maximum atomic E-state index is 4.30. The molecule has 0 bridgehead atoms. The molecule has 0 fully saturated rings. The quantitative estimate of drug-likeness (QED) is 0.441. The highest BCUT2D eigenvalue weighted by atomic mass is 79.9. The van der Waals surface area contributed by atoms with Crippen LogP contribution in [0.1, 0.15) is 6.42 Å². The fraction of sp³-hybridized carbons (Fsp3) is 0.333. The summed E-state index contributed by atoms with van der Waals surface area (Å²) in [4.78, 5) is 0. The van der Waals surface area contributed by atoms with Crippen LogP contribution in [0.15, 0.2) is 24.3 Å². The summed E-state index contributed by atoms with van der Waals surface area (Å²) >= 11 is 7.72. The summed E-state index contributed by atoms with van der Waals surface area (Å²) in [5, 5.41) is 0. The minimum atomic E-state index is -0.0816. The van der Waals surface area contributed by atoms with Gasteiger partial charge in [-0.2, -0.15) is 12.6 Å². The van der Waals surface area contributed by atoms with Crippen LogP contribution < -0.4 is 0 Å². The third kappa shape index (κ3) is 1.67. The zero-order chi connectivity index (χ0) is 6.04. The molecule has 0 N–H and O–H groups in total. The fourth-order valence-electron chi connectivity index (χ4n) is 0.583. The van der Waals surface area contributed by atoms with Gasteiger partial charge in [0.2, 0.25) is 0 Å². The lowest BCUT2D eigenvalue weighted by atomic mass is 10.2. The molecule has 1 aliphatic rings. The Bertz CT molecular complexity index is 135. The second-order valence-electron chi connectivity index (χ2n) is 1.81. The predicted octanol–water partition coefficient (Wildman–Crippen LogP) is 2.52. The summed E-state index contributed by atoms with van der Waals surface area (Å²) in [6, 6.07) is 0. The summed E-state index contributed by atoms with van der Waals surface area (Å²) in [5.41, 5.74) is 0. The summed E-state index contributed by atoms with van der Waals surface area (Å²) in [6.07, 6.45) is 9.09. The van der Waals surface area contributed by atoms with Crippen LogP contribution in [0.2, 0.25) is 0 Å². The standard InChI is InChI=1S/C6H7BrS/c7-6(8)4-2-1-3-5-6/h1-4,8H,5H2. The van der Waals surface area contributed by atoms with Crippen molar-refractivity contribution in [2.75, 3.05) is 0 Å². The van der Waals surface area contributed by atoms with Gasteiger partial charge in [-0.15, -0.1) is 0 Å². The molecule has 0 aliphatic heterocycles. The first-order valence-corrected chi connectivity index (χ1v) is 3.70. The maximum Gasteiger partial charge on any atom is 0.0896 e. The molecule has 2 heteroatoms. The van der Waals surface area contributed by atoms with Gasteiger partial charge in [-0.3, -0.25) is 0 Å². The molecular formula is C6H7BrS. The molecule has 1 rings (SSSR count). The average molecular weight is 191 g/mol. The van der Waals surface area contributed by atoms with Crippen LogP contribution in [0.4, 0.5) is 0 Å². The van der Waals surface area contributed by atoms with Crippen molar-refractivity contribution in [1.82, 2.24) is 0 Å². The third-order valence-electron chi connectivity index (χ3n) is 1.00. The van der Waals surface area contributed by atoms with E-state index in [0.717, 1.165) is 6.42 Å². The summed E-state index contributed by atoms with van der Waals surface area (Å²) in [6.45, 7) is 0. The number of allylic oxidation sites excluding steroid dienone is 3. The molecule has 0 saturated carbocycles. The molecule has 0 radical (unpaired) electrons. The largest absolute Gasteiger partial charge is 0.156 e. The van der Waals surface area contributed by atoms with Crippen LogP contribution in [0.5, 0.6) is 0 Å². The smallest absolute Gasteiger partial charge is 0.0896 e. The Balaban J connectivity index is 2.65. The molecule has 0 heterocycles. The lowest BCUT2D eigenvalue weighted by Gasteiger charge is -2.15. The Labute approximate surface area is 63.2 Å². The maximum absolute atomic E-state index is 4.30. The van der Waals surface area contributed by atoms with Gasteiger partial charge in [0.15, 0.2) is 0 Å². The molecule has 1 unspecified atom stereocenters. The molecule has 0 nitrogen and oxygen atoms in total. The Morgan fingerprint density at radius 2 is 2.25 bits per heavy atom. The highest BCUT2D eigenvalue weighted by molar-refractivity contribution is 9.11. The summed E-state index contributed by atoms with van der Waals surface area (Å²) < 4.78 is -0.0816. The predicted molar refractivity (Wildman–Crippen MR) is 43.5 cm³/mol. The number of hydrogen-bond donors (Lipinski definition) is 1. The minimum Gasteiger partial charge on any atom is -0.156 e. The second kappa shape index (κ2) is 2.28. The van der Waals surface area contributed by atoms with E-state index in [1.54, 1.807) is 0 Å². The highest BCUT2D eigenvalue weighted by Gasteiger charge is 2.15. The van der Waals surface area contributed by atoms with Crippen LogP contribution in [0, 0.1) is 0 Å². The zero-order valence-electron chi connectivity index (χ0n) is 4.34. The van der Waals surface area contributed by atoms with Gasteiger partial charge in [-0.1, -0.05) is 40.2 Å². The molecule has 0 amide bonds. The zero-order valence-corrected chi connectivity index (χ0v) is 6.82. The molecule has 0 aromatic carbocycles.